The van der Waals surface area contributed by atoms with Gasteiger partial charge in [0.2, 0.25) is 11.7 Å². The highest BCUT2D eigenvalue weighted by Gasteiger charge is 2.16. The third kappa shape index (κ3) is 4.64. The van der Waals surface area contributed by atoms with Crippen molar-refractivity contribution in [2.45, 2.75) is 13.0 Å². The van der Waals surface area contributed by atoms with E-state index in [1.807, 2.05) is 30.3 Å². The summed E-state index contributed by atoms with van der Waals surface area (Å²) in [6.07, 6.45) is 0.0200. The fraction of sp³-hybridized carbons (Fsp3) is 0.125. The summed E-state index contributed by atoms with van der Waals surface area (Å²) in [5, 5.41) is 8.25. The van der Waals surface area contributed by atoms with E-state index >= 15 is 0 Å². The first-order chi connectivity index (χ1) is 12.1. The molecule has 0 radical (unpaired) electrons. The average molecular weight is 358 g/mol. The lowest BCUT2D eigenvalue weighted by molar-refractivity contribution is -0.117. The molecule has 0 aliphatic rings. The van der Waals surface area contributed by atoms with Crippen LogP contribution in [0.2, 0.25) is 0 Å². The minimum Gasteiger partial charge on any atom is -0.471 e. The van der Waals surface area contributed by atoms with Crippen LogP contribution in [0.1, 0.15) is 21.8 Å². The minimum absolute atomic E-state index is 0.00490. The van der Waals surface area contributed by atoms with Crippen molar-refractivity contribution >= 4 is 28.3 Å². The first-order valence-corrected chi connectivity index (χ1v) is 8.15. The Balaban J connectivity index is 1.57. The van der Waals surface area contributed by atoms with Gasteiger partial charge in [-0.1, -0.05) is 30.3 Å². The maximum absolute atomic E-state index is 12.1. The Hall–Kier alpha value is -3.20. The highest BCUT2D eigenvalue weighted by molar-refractivity contribution is 7.14. The second-order valence-electron chi connectivity index (χ2n) is 5.04. The number of benzene rings is 1. The zero-order valence-corrected chi connectivity index (χ0v) is 13.8. The highest BCUT2D eigenvalue weighted by atomic mass is 32.1. The maximum atomic E-state index is 12.1. The first-order valence-electron chi connectivity index (χ1n) is 7.27. The molecule has 25 heavy (non-hydrogen) atoms. The smallest absolute Gasteiger partial charge is 0.296 e. The largest absolute Gasteiger partial charge is 0.471 e. The Morgan fingerprint density at radius 1 is 1.28 bits per heavy atom. The van der Waals surface area contributed by atoms with Crippen LogP contribution in [0.5, 0.6) is 5.88 Å². The second-order valence-corrected chi connectivity index (χ2v) is 5.90. The number of hydrogen-bond donors (Lipinski definition) is 2. The Morgan fingerprint density at radius 3 is 2.84 bits per heavy atom. The van der Waals surface area contributed by atoms with E-state index in [1.54, 1.807) is 5.38 Å². The molecule has 128 valence electrons. The molecule has 0 unspecified atom stereocenters. The molecule has 2 aromatic heterocycles. The van der Waals surface area contributed by atoms with Crippen molar-refractivity contribution in [3.8, 4) is 5.88 Å². The number of nitrogens with zero attached hydrogens (tertiary/aromatic N) is 2. The van der Waals surface area contributed by atoms with Crippen LogP contribution in [0.15, 0.2) is 46.3 Å². The molecule has 0 saturated heterocycles. The standard InChI is InChI=1S/C16H14N4O4S/c17-13(21)6-11-9-25-16(18-11)19-15(22)12-7-14(20-24-12)23-8-10-4-2-1-3-5-10/h1-5,7,9H,6,8H2,(H2,17,21)(H,18,19,22). The molecular formula is C16H14N4O4S. The summed E-state index contributed by atoms with van der Waals surface area (Å²) in [4.78, 5) is 27.0. The van der Waals surface area contributed by atoms with Gasteiger partial charge in [-0.3, -0.25) is 14.9 Å². The van der Waals surface area contributed by atoms with E-state index in [9.17, 15) is 9.59 Å². The molecular weight excluding hydrogens is 344 g/mol. The highest BCUT2D eigenvalue weighted by Crippen LogP contribution is 2.19. The molecule has 8 nitrogen and oxygen atoms in total. The normalized spacial score (nSPS) is 10.4. The fourth-order valence-corrected chi connectivity index (χ4v) is 2.65. The molecule has 0 aliphatic heterocycles. The molecule has 2 heterocycles. The van der Waals surface area contributed by atoms with Gasteiger partial charge in [0.05, 0.1) is 18.2 Å². The van der Waals surface area contributed by atoms with Crippen LogP contribution in [0, 0.1) is 0 Å². The monoisotopic (exact) mass is 358 g/mol. The van der Waals surface area contributed by atoms with E-state index < -0.39 is 11.8 Å². The van der Waals surface area contributed by atoms with Crippen LogP contribution in [-0.2, 0) is 17.8 Å². The summed E-state index contributed by atoms with van der Waals surface area (Å²) in [5.41, 5.74) is 6.57. The van der Waals surface area contributed by atoms with E-state index in [4.69, 9.17) is 15.0 Å². The molecule has 1 aromatic carbocycles. The predicted molar refractivity (Wildman–Crippen MR) is 90.2 cm³/mol. The van der Waals surface area contributed by atoms with Crippen LogP contribution >= 0.6 is 11.3 Å². The number of rotatable bonds is 7. The topological polar surface area (TPSA) is 120 Å². The number of amides is 2. The van der Waals surface area contributed by atoms with E-state index in [2.05, 4.69) is 15.5 Å². The van der Waals surface area contributed by atoms with Crippen LogP contribution in [-0.4, -0.2) is 22.0 Å². The molecule has 3 rings (SSSR count). The van der Waals surface area contributed by atoms with Crippen molar-refractivity contribution in [1.29, 1.82) is 0 Å². The van der Waals surface area contributed by atoms with Gasteiger partial charge < -0.3 is 15.0 Å². The maximum Gasteiger partial charge on any atom is 0.296 e. The number of nitrogens with one attached hydrogen (secondary N) is 1. The van der Waals surface area contributed by atoms with Gasteiger partial charge in [0.15, 0.2) is 5.13 Å². The molecule has 3 aromatic rings. The van der Waals surface area contributed by atoms with Crippen molar-refractivity contribution in [3.63, 3.8) is 0 Å². The van der Waals surface area contributed by atoms with Crippen LogP contribution < -0.4 is 15.8 Å². The fourth-order valence-electron chi connectivity index (χ4n) is 1.95. The number of anilines is 1. The number of nitrogens with two attached hydrogens (primary N) is 1. The van der Waals surface area contributed by atoms with Crippen molar-refractivity contribution < 1.29 is 18.8 Å². The van der Waals surface area contributed by atoms with Gasteiger partial charge in [0.25, 0.3) is 11.8 Å². The molecule has 0 aliphatic carbocycles. The first kappa shape index (κ1) is 16.7. The zero-order chi connectivity index (χ0) is 17.6. The van der Waals surface area contributed by atoms with Gasteiger partial charge in [-0.15, -0.1) is 11.3 Å². The summed E-state index contributed by atoms with van der Waals surface area (Å²) in [6, 6.07) is 11.0. The molecule has 9 heteroatoms. The van der Waals surface area contributed by atoms with Gasteiger partial charge in [-0.2, -0.15) is 0 Å². The van der Waals surface area contributed by atoms with Gasteiger partial charge in [0.1, 0.15) is 6.61 Å². The van der Waals surface area contributed by atoms with E-state index in [1.165, 1.54) is 17.4 Å². The molecule has 0 atom stereocenters. The number of carbonyl (C=O) groups is 2. The van der Waals surface area contributed by atoms with Crippen molar-refractivity contribution in [1.82, 2.24) is 10.1 Å². The van der Waals surface area contributed by atoms with Crippen LogP contribution in [0.3, 0.4) is 0 Å². The van der Waals surface area contributed by atoms with E-state index in [-0.39, 0.29) is 18.1 Å². The van der Waals surface area contributed by atoms with Crippen molar-refractivity contribution in [3.05, 3.63) is 58.8 Å². The van der Waals surface area contributed by atoms with E-state index in [0.717, 1.165) is 5.56 Å². The van der Waals surface area contributed by atoms with Gasteiger partial charge >= 0.3 is 0 Å². The summed E-state index contributed by atoms with van der Waals surface area (Å²) in [6.45, 7) is 0.317. The SMILES string of the molecule is NC(=O)Cc1csc(NC(=O)c2cc(OCc3ccccc3)no2)n1. The third-order valence-corrected chi connectivity index (χ3v) is 3.88. The molecule has 0 spiro atoms. The van der Waals surface area contributed by atoms with Gasteiger partial charge in [-0.05, 0) is 10.7 Å². The van der Waals surface area contributed by atoms with Crippen molar-refractivity contribution in [2.24, 2.45) is 5.73 Å². The number of carbonyl (C=O) groups excluding carboxylic acids is 2. The zero-order valence-electron chi connectivity index (χ0n) is 13.0. The number of hydrogen-bond acceptors (Lipinski definition) is 7. The molecule has 0 bridgehead atoms. The summed E-state index contributed by atoms with van der Waals surface area (Å²) in [5.74, 6) is -0.794. The third-order valence-electron chi connectivity index (χ3n) is 3.07. The Morgan fingerprint density at radius 2 is 2.08 bits per heavy atom. The number of primary amides is 1. The molecule has 3 N–H and O–H groups in total. The Kier molecular flexibility index (Phi) is 5.05. The summed E-state index contributed by atoms with van der Waals surface area (Å²) in [7, 11) is 0. The molecule has 0 fully saturated rings. The predicted octanol–water partition coefficient (Wildman–Crippen LogP) is 1.99. The number of thiazole rings is 1. The average Bonchev–Trinajstić information content (AvgIpc) is 3.23. The number of ether oxygens (including phenoxy) is 1. The lowest BCUT2D eigenvalue weighted by Crippen LogP contribution is -2.14. The minimum atomic E-state index is -0.512. The Bertz CT molecular complexity index is 875. The quantitative estimate of drug-likeness (QED) is 0.666. The Labute approximate surface area is 146 Å². The van der Waals surface area contributed by atoms with Crippen molar-refractivity contribution in [2.75, 3.05) is 5.32 Å². The van der Waals surface area contributed by atoms with Gasteiger partial charge in [0, 0.05) is 5.38 Å². The molecule has 2 amide bonds. The lowest BCUT2D eigenvalue weighted by atomic mass is 10.2. The van der Waals surface area contributed by atoms with Crippen LogP contribution in [0.4, 0.5) is 5.13 Å². The van der Waals surface area contributed by atoms with Crippen LogP contribution in [0.25, 0.3) is 0 Å². The summed E-state index contributed by atoms with van der Waals surface area (Å²) >= 11 is 1.18. The van der Waals surface area contributed by atoms with Gasteiger partial charge in [-0.25, -0.2) is 4.98 Å². The summed E-state index contributed by atoms with van der Waals surface area (Å²) < 4.78 is 10.4. The number of aromatic nitrogens is 2. The van der Waals surface area contributed by atoms with E-state index in [0.29, 0.717) is 17.4 Å². The second kappa shape index (κ2) is 7.58. The molecule has 0 saturated carbocycles. The lowest BCUT2D eigenvalue weighted by Gasteiger charge is -2.00.